The predicted molar refractivity (Wildman–Crippen MR) is 141 cm³/mol. The Balaban J connectivity index is 1.66. The van der Waals surface area contributed by atoms with E-state index in [9.17, 15) is 4.79 Å². The first kappa shape index (κ1) is 22.8. The second-order valence-corrected chi connectivity index (χ2v) is 9.43. The average molecular weight is 471 g/mol. The van der Waals surface area contributed by atoms with Gasteiger partial charge in [0.1, 0.15) is 5.03 Å². The molecule has 33 heavy (non-hydrogen) atoms. The third-order valence-corrected chi connectivity index (χ3v) is 6.68. The summed E-state index contributed by atoms with van der Waals surface area (Å²) in [6.45, 7) is 4.19. The van der Waals surface area contributed by atoms with Crippen LogP contribution in [0.5, 0.6) is 0 Å². The standard InChI is InChI=1S/C29H23ClO2S/c1-19-3-9-22(10-4-19)26(23-11-5-20(2)6-12-23)17-21-7-13-24(14-8-21)28-16-15-25(33-28)18-27(30)29(31)32/h3-18H,1-2H3,(H,31,32)/b27-18+. The number of carboxylic acid groups (broad SMARTS) is 1. The van der Waals surface area contributed by atoms with Crippen LogP contribution in [-0.4, -0.2) is 11.1 Å². The van der Waals surface area contributed by atoms with Crippen molar-refractivity contribution in [2.45, 2.75) is 13.8 Å². The topological polar surface area (TPSA) is 37.3 Å². The maximum Gasteiger partial charge on any atom is 0.347 e. The van der Waals surface area contributed by atoms with Gasteiger partial charge in [0.25, 0.3) is 0 Å². The number of halogens is 1. The molecule has 164 valence electrons. The maximum absolute atomic E-state index is 10.9. The molecule has 1 N–H and O–H groups in total. The molecule has 0 atom stereocenters. The first-order valence-corrected chi connectivity index (χ1v) is 11.7. The van der Waals surface area contributed by atoms with Crippen LogP contribution in [0.2, 0.25) is 0 Å². The summed E-state index contributed by atoms with van der Waals surface area (Å²) in [5.41, 5.74) is 8.20. The van der Waals surface area contributed by atoms with Gasteiger partial charge in [-0.05, 0) is 66.0 Å². The van der Waals surface area contributed by atoms with Crippen LogP contribution in [0.15, 0.2) is 90.0 Å². The molecule has 0 bridgehead atoms. The number of carboxylic acids is 1. The Bertz CT molecular complexity index is 1280. The second kappa shape index (κ2) is 10.0. The van der Waals surface area contributed by atoms with Crippen molar-refractivity contribution in [1.82, 2.24) is 0 Å². The van der Waals surface area contributed by atoms with Gasteiger partial charge in [0.05, 0.1) is 0 Å². The fourth-order valence-corrected chi connectivity index (χ4v) is 4.62. The summed E-state index contributed by atoms with van der Waals surface area (Å²) >= 11 is 7.26. The van der Waals surface area contributed by atoms with Gasteiger partial charge < -0.3 is 5.11 Å². The van der Waals surface area contributed by atoms with E-state index in [1.807, 2.05) is 12.1 Å². The molecule has 4 aromatic rings. The minimum Gasteiger partial charge on any atom is -0.477 e. The van der Waals surface area contributed by atoms with Gasteiger partial charge in [-0.25, -0.2) is 4.79 Å². The van der Waals surface area contributed by atoms with Crippen LogP contribution in [0.1, 0.15) is 32.7 Å². The Morgan fingerprint density at radius 2 is 1.30 bits per heavy atom. The molecule has 4 heteroatoms. The summed E-state index contributed by atoms with van der Waals surface area (Å²) in [5.74, 6) is -1.12. The van der Waals surface area contributed by atoms with Crippen molar-refractivity contribution in [3.63, 3.8) is 0 Å². The Morgan fingerprint density at radius 1 is 0.758 bits per heavy atom. The van der Waals surface area contributed by atoms with Crippen LogP contribution in [0.4, 0.5) is 0 Å². The molecule has 0 amide bonds. The van der Waals surface area contributed by atoms with Crippen molar-refractivity contribution in [2.24, 2.45) is 0 Å². The summed E-state index contributed by atoms with van der Waals surface area (Å²) in [5, 5.41) is 8.77. The molecule has 0 saturated carbocycles. The van der Waals surface area contributed by atoms with E-state index in [0.717, 1.165) is 20.9 Å². The number of benzene rings is 3. The molecular formula is C29H23ClO2S. The molecule has 2 nitrogen and oxygen atoms in total. The molecular weight excluding hydrogens is 448 g/mol. The normalized spacial score (nSPS) is 11.3. The van der Waals surface area contributed by atoms with Gasteiger partial charge in [0, 0.05) is 9.75 Å². The average Bonchev–Trinajstić information content (AvgIpc) is 3.28. The first-order chi connectivity index (χ1) is 15.9. The summed E-state index contributed by atoms with van der Waals surface area (Å²) in [6.07, 6.45) is 3.69. The number of thiophene rings is 1. The highest BCUT2D eigenvalue weighted by Gasteiger charge is 2.08. The number of hydrogen-bond acceptors (Lipinski definition) is 2. The van der Waals surface area contributed by atoms with Crippen LogP contribution < -0.4 is 0 Å². The first-order valence-electron chi connectivity index (χ1n) is 10.6. The van der Waals surface area contributed by atoms with Crippen molar-refractivity contribution in [3.05, 3.63) is 123 Å². The van der Waals surface area contributed by atoms with Crippen molar-refractivity contribution in [1.29, 1.82) is 0 Å². The van der Waals surface area contributed by atoms with Gasteiger partial charge in [-0.15, -0.1) is 11.3 Å². The number of aryl methyl sites for hydroxylation is 2. The highest BCUT2D eigenvalue weighted by molar-refractivity contribution is 7.16. The fourth-order valence-electron chi connectivity index (χ4n) is 3.48. The van der Waals surface area contributed by atoms with Gasteiger partial charge in [0.15, 0.2) is 0 Å². The van der Waals surface area contributed by atoms with E-state index in [1.165, 1.54) is 45.2 Å². The van der Waals surface area contributed by atoms with E-state index in [-0.39, 0.29) is 5.03 Å². The lowest BCUT2D eigenvalue weighted by molar-refractivity contribution is -0.131. The predicted octanol–water partition coefficient (Wildman–Crippen LogP) is 8.29. The molecule has 0 unspecified atom stereocenters. The van der Waals surface area contributed by atoms with Crippen molar-refractivity contribution in [3.8, 4) is 10.4 Å². The Labute approximate surface area is 203 Å². The highest BCUT2D eigenvalue weighted by Crippen LogP contribution is 2.31. The summed E-state index contributed by atoms with van der Waals surface area (Å²) in [4.78, 5) is 12.8. The minimum atomic E-state index is -1.12. The molecule has 0 radical (unpaired) electrons. The molecule has 0 fully saturated rings. The van der Waals surface area contributed by atoms with Gasteiger partial charge in [-0.1, -0.05) is 95.5 Å². The molecule has 1 heterocycles. The van der Waals surface area contributed by atoms with Crippen molar-refractivity contribution < 1.29 is 9.90 Å². The Hall–Kier alpha value is -3.40. The van der Waals surface area contributed by atoms with Crippen LogP contribution in [0.25, 0.3) is 28.2 Å². The van der Waals surface area contributed by atoms with Gasteiger partial charge in [-0.3, -0.25) is 0 Å². The SMILES string of the molecule is Cc1ccc(C(=Cc2ccc(-c3ccc(/C=C(/Cl)C(=O)O)s3)cc2)c2ccc(C)cc2)cc1. The van der Waals surface area contributed by atoms with Gasteiger partial charge >= 0.3 is 5.97 Å². The molecule has 0 aliphatic carbocycles. The van der Waals surface area contributed by atoms with Gasteiger partial charge in [-0.2, -0.15) is 0 Å². The summed E-state index contributed by atoms with van der Waals surface area (Å²) in [6, 6.07) is 29.5. The van der Waals surface area contributed by atoms with Gasteiger partial charge in [0.2, 0.25) is 0 Å². The third-order valence-electron chi connectivity index (χ3n) is 5.33. The third kappa shape index (κ3) is 5.70. The Morgan fingerprint density at radius 3 is 1.82 bits per heavy atom. The van der Waals surface area contributed by atoms with E-state index < -0.39 is 5.97 Å². The van der Waals surface area contributed by atoms with Crippen LogP contribution >= 0.6 is 22.9 Å². The van der Waals surface area contributed by atoms with E-state index in [0.29, 0.717) is 0 Å². The van der Waals surface area contributed by atoms with Crippen molar-refractivity contribution >= 4 is 46.6 Å². The molecule has 3 aromatic carbocycles. The second-order valence-electron chi connectivity index (χ2n) is 7.91. The van der Waals surface area contributed by atoms with E-state index in [4.69, 9.17) is 16.7 Å². The fraction of sp³-hybridized carbons (Fsp3) is 0.0690. The minimum absolute atomic E-state index is 0.191. The van der Waals surface area contributed by atoms with Crippen LogP contribution in [0.3, 0.4) is 0 Å². The molecule has 4 rings (SSSR count). The van der Waals surface area contributed by atoms with E-state index in [2.05, 4.69) is 92.7 Å². The van der Waals surface area contributed by atoms with Crippen LogP contribution in [-0.2, 0) is 4.79 Å². The lowest BCUT2D eigenvalue weighted by Crippen LogP contribution is -1.92. The lowest BCUT2D eigenvalue weighted by atomic mass is 9.94. The number of aliphatic carboxylic acids is 1. The monoisotopic (exact) mass is 470 g/mol. The zero-order chi connectivity index (χ0) is 23.4. The van der Waals surface area contributed by atoms with Crippen molar-refractivity contribution in [2.75, 3.05) is 0 Å². The molecule has 1 aromatic heterocycles. The molecule has 0 aliphatic heterocycles. The number of rotatable bonds is 6. The lowest BCUT2D eigenvalue weighted by Gasteiger charge is -2.10. The van der Waals surface area contributed by atoms with E-state index >= 15 is 0 Å². The maximum atomic E-state index is 10.9. The zero-order valence-corrected chi connectivity index (χ0v) is 20.0. The quantitative estimate of drug-likeness (QED) is 0.227. The zero-order valence-electron chi connectivity index (χ0n) is 18.4. The molecule has 0 aliphatic rings. The van der Waals surface area contributed by atoms with Crippen LogP contribution in [0, 0.1) is 13.8 Å². The number of carbonyl (C=O) groups is 1. The molecule has 0 spiro atoms. The summed E-state index contributed by atoms with van der Waals surface area (Å²) in [7, 11) is 0. The largest absolute Gasteiger partial charge is 0.477 e. The number of hydrogen-bond donors (Lipinski definition) is 1. The Kier molecular flexibility index (Phi) is 6.93. The van der Waals surface area contributed by atoms with E-state index in [1.54, 1.807) is 0 Å². The summed E-state index contributed by atoms with van der Waals surface area (Å²) < 4.78 is 0. The highest BCUT2D eigenvalue weighted by atomic mass is 35.5. The smallest absolute Gasteiger partial charge is 0.347 e. The molecule has 0 saturated heterocycles.